The molecule has 0 bridgehead atoms. The van der Waals surface area contributed by atoms with Gasteiger partial charge < -0.3 is 28.6 Å². The smallest absolute Gasteiger partial charge is 0.306 e. The van der Waals surface area contributed by atoms with Crippen LogP contribution >= 0.6 is 0 Å². The van der Waals surface area contributed by atoms with Gasteiger partial charge in [-0.05, 0) is 38.5 Å². The van der Waals surface area contributed by atoms with Crippen LogP contribution in [0, 0.1) is 0 Å². The molecule has 8 nitrogen and oxygen atoms in total. The number of nitrogens with zero attached hydrogens (tertiary/aromatic N) is 1. The van der Waals surface area contributed by atoms with Gasteiger partial charge >= 0.3 is 11.9 Å². The van der Waals surface area contributed by atoms with Crippen molar-refractivity contribution in [3.05, 3.63) is 48.6 Å². The molecule has 0 spiro atoms. The first-order chi connectivity index (χ1) is 25.1. The number of carboxylic acids is 1. The van der Waals surface area contributed by atoms with E-state index < -0.39 is 24.1 Å². The van der Waals surface area contributed by atoms with Gasteiger partial charge in [-0.25, -0.2) is 0 Å². The van der Waals surface area contributed by atoms with Crippen molar-refractivity contribution in [2.75, 3.05) is 41.0 Å². The summed E-state index contributed by atoms with van der Waals surface area (Å²) in [5, 5.41) is 11.6. The first-order valence-corrected chi connectivity index (χ1v) is 20.7. The number of ether oxygens (including phenoxy) is 3. The molecule has 0 aromatic carbocycles. The lowest BCUT2D eigenvalue weighted by atomic mass is 10.0. The summed E-state index contributed by atoms with van der Waals surface area (Å²) >= 11 is 0. The number of hydrogen-bond acceptors (Lipinski definition) is 7. The number of quaternary nitrogens is 1. The van der Waals surface area contributed by atoms with E-state index in [1.165, 1.54) is 77.0 Å². The van der Waals surface area contributed by atoms with Crippen LogP contribution in [0.5, 0.6) is 0 Å². The fourth-order valence-electron chi connectivity index (χ4n) is 5.79. The number of hydrogen-bond donors (Lipinski definition) is 0. The van der Waals surface area contributed by atoms with E-state index in [9.17, 15) is 19.5 Å². The Bertz CT molecular complexity index is 995. The Kier molecular flexibility index (Phi) is 33.5. The monoisotopic (exact) mass is 732 g/mol. The summed E-state index contributed by atoms with van der Waals surface area (Å²) in [5.74, 6) is -1.84. The maximum atomic E-state index is 12.6. The lowest BCUT2D eigenvalue weighted by Crippen LogP contribution is -2.55. The Morgan fingerprint density at radius 3 is 1.56 bits per heavy atom. The standard InChI is InChI=1S/C44H77NO7/c1-6-8-10-12-14-16-18-20-21-23-24-26-28-30-32-34-42(46)51-39-40(38-50-37-36-41(44(48)49)45(3,4)5)52-43(47)35-33-31-29-27-25-22-19-17-15-13-11-9-7-2/h9,11,15,17,22,25,29,31,40-41H,6-8,10,12-14,16,18-21,23-24,26-28,30,32-39H2,1-5H3/b11-9-,17-15-,25-22-,31-29-. The summed E-state index contributed by atoms with van der Waals surface area (Å²) in [6, 6.07) is -0.736. The molecule has 0 N–H and O–H groups in total. The number of rotatable bonds is 36. The van der Waals surface area contributed by atoms with E-state index in [4.69, 9.17) is 14.2 Å². The molecule has 0 heterocycles. The van der Waals surface area contributed by atoms with Gasteiger partial charge in [0.25, 0.3) is 0 Å². The summed E-state index contributed by atoms with van der Waals surface area (Å²) in [6.45, 7) is 4.46. The van der Waals surface area contributed by atoms with Gasteiger partial charge in [0.1, 0.15) is 12.6 Å². The normalized spacial score (nSPS) is 13.5. The molecule has 0 amide bonds. The molecule has 52 heavy (non-hydrogen) atoms. The number of carbonyl (C=O) groups excluding carboxylic acids is 3. The molecular formula is C44H77NO7. The number of carboxylic acid groups (broad SMARTS) is 1. The first-order valence-electron chi connectivity index (χ1n) is 20.7. The molecule has 0 fully saturated rings. The van der Waals surface area contributed by atoms with Crippen molar-refractivity contribution in [3.8, 4) is 0 Å². The molecule has 0 radical (unpaired) electrons. The molecule has 0 rings (SSSR count). The zero-order chi connectivity index (χ0) is 38.5. The van der Waals surface area contributed by atoms with Gasteiger partial charge in [0.05, 0.1) is 40.3 Å². The second-order valence-corrected chi connectivity index (χ2v) is 14.8. The van der Waals surface area contributed by atoms with Crippen LogP contribution in [0.25, 0.3) is 0 Å². The fraction of sp³-hybridized carbons (Fsp3) is 0.750. The average molecular weight is 732 g/mol. The summed E-state index contributed by atoms with van der Waals surface area (Å²) in [4.78, 5) is 36.7. The van der Waals surface area contributed by atoms with Crippen LogP contribution in [0.2, 0.25) is 0 Å². The highest BCUT2D eigenvalue weighted by Gasteiger charge is 2.25. The van der Waals surface area contributed by atoms with Gasteiger partial charge in [0.15, 0.2) is 6.10 Å². The second-order valence-electron chi connectivity index (χ2n) is 14.8. The largest absolute Gasteiger partial charge is 0.544 e. The number of esters is 2. The maximum Gasteiger partial charge on any atom is 0.306 e. The van der Waals surface area contributed by atoms with Crippen LogP contribution in [0.15, 0.2) is 48.6 Å². The minimum atomic E-state index is -1.14. The van der Waals surface area contributed by atoms with E-state index in [1.54, 1.807) is 21.1 Å². The molecule has 0 aliphatic rings. The van der Waals surface area contributed by atoms with Gasteiger partial charge in [-0.3, -0.25) is 9.59 Å². The van der Waals surface area contributed by atoms with Crippen molar-refractivity contribution in [1.29, 1.82) is 0 Å². The zero-order valence-corrected chi connectivity index (χ0v) is 34.0. The van der Waals surface area contributed by atoms with Crippen molar-refractivity contribution in [1.82, 2.24) is 0 Å². The molecule has 0 saturated heterocycles. The van der Waals surface area contributed by atoms with Crippen molar-refractivity contribution in [3.63, 3.8) is 0 Å². The highest BCUT2D eigenvalue weighted by molar-refractivity contribution is 5.70. The number of carbonyl (C=O) groups is 3. The van der Waals surface area contributed by atoms with E-state index in [2.05, 4.69) is 50.3 Å². The van der Waals surface area contributed by atoms with Crippen molar-refractivity contribution in [2.45, 2.75) is 174 Å². The molecule has 300 valence electrons. The second kappa shape index (κ2) is 35.3. The van der Waals surface area contributed by atoms with Crippen LogP contribution < -0.4 is 5.11 Å². The molecule has 2 atom stereocenters. The minimum Gasteiger partial charge on any atom is -0.544 e. The predicted octanol–water partition coefficient (Wildman–Crippen LogP) is 9.52. The quantitative estimate of drug-likeness (QED) is 0.0274. The van der Waals surface area contributed by atoms with Gasteiger partial charge in [0.2, 0.25) is 0 Å². The van der Waals surface area contributed by atoms with E-state index in [0.29, 0.717) is 12.8 Å². The molecule has 8 heteroatoms. The first kappa shape index (κ1) is 49.3. The Hall–Kier alpha value is -2.71. The van der Waals surface area contributed by atoms with Gasteiger partial charge in [0, 0.05) is 19.3 Å². The summed E-state index contributed by atoms with van der Waals surface area (Å²) in [5.41, 5.74) is 0. The van der Waals surface area contributed by atoms with Crippen LogP contribution in [-0.2, 0) is 28.6 Å². The molecule has 0 aromatic heterocycles. The minimum absolute atomic E-state index is 0.0128. The Morgan fingerprint density at radius 2 is 1.08 bits per heavy atom. The molecule has 0 aliphatic carbocycles. The molecule has 0 aliphatic heterocycles. The van der Waals surface area contributed by atoms with E-state index in [1.807, 2.05) is 12.2 Å². The number of unbranched alkanes of at least 4 members (excludes halogenated alkanes) is 14. The highest BCUT2D eigenvalue weighted by Crippen LogP contribution is 2.14. The summed E-state index contributed by atoms with van der Waals surface area (Å²) in [7, 11) is 5.37. The summed E-state index contributed by atoms with van der Waals surface area (Å²) in [6.07, 6.45) is 40.1. The Morgan fingerprint density at radius 1 is 0.596 bits per heavy atom. The van der Waals surface area contributed by atoms with Crippen LogP contribution in [0.4, 0.5) is 0 Å². The SMILES string of the molecule is CC/C=C\C/C=C\C/C=C\C/C=C\CCC(=O)OC(COCCC(C(=O)[O-])[N+](C)(C)C)COC(=O)CCCCCCCCCCCCCCCCC. The van der Waals surface area contributed by atoms with E-state index in [-0.39, 0.29) is 43.1 Å². The molecule has 2 unspecified atom stereocenters. The van der Waals surface area contributed by atoms with Crippen molar-refractivity contribution in [2.24, 2.45) is 0 Å². The van der Waals surface area contributed by atoms with Gasteiger partial charge in [-0.2, -0.15) is 0 Å². The van der Waals surface area contributed by atoms with Gasteiger partial charge in [-0.1, -0.05) is 152 Å². The fourth-order valence-corrected chi connectivity index (χ4v) is 5.79. The number of allylic oxidation sites excluding steroid dienone is 8. The van der Waals surface area contributed by atoms with Crippen LogP contribution in [0.3, 0.4) is 0 Å². The lowest BCUT2D eigenvalue weighted by Gasteiger charge is -2.34. The summed E-state index contributed by atoms with van der Waals surface area (Å²) < 4.78 is 17.0. The topological polar surface area (TPSA) is 102 Å². The molecule has 0 aromatic rings. The van der Waals surface area contributed by atoms with E-state index >= 15 is 0 Å². The molecule has 0 saturated carbocycles. The lowest BCUT2D eigenvalue weighted by molar-refractivity contribution is -0.889. The zero-order valence-electron chi connectivity index (χ0n) is 34.0. The van der Waals surface area contributed by atoms with Crippen molar-refractivity contribution >= 4 is 17.9 Å². The third kappa shape index (κ3) is 33.1. The Balaban J connectivity index is 4.45. The molecular weight excluding hydrogens is 654 g/mol. The number of likely N-dealkylation sites (N-methyl/N-ethyl adjacent to an activating group) is 1. The van der Waals surface area contributed by atoms with Gasteiger partial charge in [-0.15, -0.1) is 0 Å². The highest BCUT2D eigenvalue weighted by atomic mass is 16.6. The van der Waals surface area contributed by atoms with Crippen LogP contribution in [-0.4, -0.2) is 75.5 Å². The predicted molar refractivity (Wildman–Crippen MR) is 213 cm³/mol. The average Bonchev–Trinajstić information content (AvgIpc) is 3.09. The number of aliphatic carboxylic acids is 1. The van der Waals surface area contributed by atoms with Crippen LogP contribution in [0.1, 0.15) is 162 Å². The Labute approximate surface area is 318 Å². The maximum absolute atomic E-state index is 12.6. The third-order valence-electron chi connectivity index (χ3n) is 8.99. The third-order valence-corrected chi connectivity index (χ3v) is 8.99. The van der Waals surface area contributed by atoms with Crippen molar-refractivity contribution < 1.29 is 38.2 Å². The van der Waals surface area contributed by atoms with E-state index in [0.717, 1.165) is 44.9 Å².